The lowest BCUT2D eigenvalue weighted by molar-refractivity contribution is 0.445. The number of hydrogen-bond acceptors (Lipinski definition) is 1. The molecule has 2 rings (SSSR count). The van der Waals surface area contributed by atoms with Gasteiger partial charge in [0.1, 0.15) is 6.10 Å². The minimum Gasteiger partial charge on any atom is -0.359 e. The van der Waals surface area contributed by atoms with Crippen molar-refractivity contribution in [2.75, 3.05) is 6.61 Å². The van der Waals surface area contributed by atoms with Crippen LogP contribution in [-0.4, -0.2) is 12.7 Å². The second-order valence-electron chi connectivity index (χ2n) is 2.91. The van der Waals surface area contributed by atoms with Crippen LogP contribution in [0.25, 0.3) is 0 Å². The van der Waals surface area contributed by atoms with Gasteiger partial charge in [-0.25, -0.2) is 0 Å². The molecule has 0 N–H and O–H groups in total. The third-order valence-corrected chi connectivity index (χ3v) is 1.85. The molecular formula is C11H10O. The molecule has 1 heterocycles. The monoisotopic (exact) mass is 158 g/mol. The van der Waals surface area contributed by atoms with Crippen LogP contribution < -0.4 is 0 Å². The van der Waals surface area contributed by atoms with Crippen LogP contribution in [0.3, 0.4) is 0 Å². The van der Waals surface area contributed by atoms with Gasteiger partial charge in [0.25, 0.3) is 0 Å². The Morgan fingerprint density at radius 2 is 2.17 bits per heavy atom. The van der Waals surface area contributed by atoms with Crippen molar-refractivity contribution in [3.05, 3.63) is 35.4 Å². The van der Waals surface area contributed by atoms with E-state index >= 15 is 0 Å². The van der Waals surface area contributed by atoms with Crippen molar-refractivity contribution >= 4 is 0 Å². The molecule has 1 unspecified atom stereocenters. The van der Waals surface area contributed by atoms with Gasteiger partial charge < -0.3 is 4.74 Å². The molecule has 1 aromatic carbocycles. The van der Waals surface area contributed by atoms with Crippen LogP contribution in [-0.2, 0) is 4.74 Å². The van der Waals surface area contributed by atoms with Crippen LogP contribution in [0.15, 0.2) is 24.3 Å². The van der Waals surface area contributed by atoms with Crippen molar-refractivity contribution in [1.29, 1.82) is 0 Å². The van der Waals surface area contributed by atoms with Crippen LogP contribution in [0.1, 0.15) is 11.1 Å². The maximum Gasteiger partial charge on any atom is 0.142 e. The standard InChI is InChI=1S/C11H10O/c1-9-4-2-3-5-10(9)6-7-11-8-12-11/h2-5,11H,8H2,1H3. The number of hydrogen-bond donors (Lipinski definition) is 0. The summed E-state index contributed by atoms with van der Waals surface area (Å²) in [6.07, 6.45) is 0.199. The molecule has 1 aliphatic heterocycles. The SMILES string of the molecule is Cc1ccccc1C#CC1CO1. The molecule has 1 aliphatic rings. The van der Waals surface area contributed by atoms with Crippen LogP contribution >= 0.6 is 0 Å². The van der Waals surface area contributed by atoms with Gasteiger partial charge in [-0.15, -0.1) is 0 Å². The minimum atomic E-state index is 0.199. The molecule has 1 fully saturated rings. The molecule has 1 aromatic rings. The Hall–Kier alpha value is -1.26. The zero-order valence-corrected chi connectivity index (χ0v) is 7.00. The van der Waals surface area contributed by atoms with E-state index in [1.165, 1.54) is 5.56 Å². The second kappa shape index (κ2) is 3.00. The molecule has 1 heteroatoms. The zero-order valence-electron chi connectivity index (χ0n) is 7.00. The molecule has 12 heavy (non-hydrogen) atoms. The third kappa shape index (κ3) is 1.66. The van der Waals surface area contributed by atoms with Crippen molar-refractivity contribution in [2.24, 2.45) is 0 Å². The Balaban J connectivity index is 2.23. The molecular weight excluding hydrogens is 148 g/mol. The van der Waals surface area contributed by atoms with Gasteiger partial charge in [-0.1, -0.05) is 30.0 Å². The quantitative estimate of drug-likeness (QED) is 0.414. The molecule has 0 radical (unpaired) electrons. The minimum absolute atomic E-state index is 0.199. The lowest BCUT2D eigenvalue weighted by Gasteiger charge is -1.93. The number of benzene rings is 1. The number of aryl methyl sites for hydroxylation is 1. The fourth-order valence-corrected chi connectivity index (χ4v) is 1.00. The fourth-order valence-electron chi connectivity index (χ4n) is 1.00. The molecule has 0 amide bonds. The highest BCUT2D eigenvalue weighted by Crippen LogP contribution is 2.08. The van der Waals surface area contributed by atoms with E-state index in [9.17, 15) is 0 Å². The summed E-state index contributed by atoms with van der Waals surface area (Å²) in [6, 6.07) is 8.13. The van der Waals surface area contributed by atoms with Crippen LogP contribution in [0, 0.1) is 18.8 Å². The van der Waals surface area contributed by atoms with Gasteiger partial charge in [0.05, 0.1) is 6.61 Å². The Morgan fingerprint density at radius 1 is 1.42 bits per heavy atom. The lowest BCUT2D eigenvalue weighted by atomic mass is 10.1. The molecule has 1 nitrogen and oxygen atoms in total. The average Bonchev–Trinajstić information content (AvgIpc) is 2.86. The maximum absolute atomic E-state index is 5.00. The van der Waals surface area contributed by atoms with E-state index < -0.39 is 0 Å². The van der Waals surface area contributed by atoms with Crippen molar-refractivity contribution < 1.29 is 4.74 Å². The normalized spacial score (nSPS) is 19.6. The van der Waals surface area contributed by atoms with Gasteiger partial charge in [0.15, 0.2) is 0 Å². The van der Waals surface area contributed by atoms with Gasteiger partial charge in [0, 0.05) is 5.56 Å². The van der Waals surface area contributed by atoms with Crippen molar-refractivity contribution in [3.8, 4) is 11.8 Å². The Labute approximate surface area is 72.4 Å². The largest absolute Gasteiger partial charge is 0.359 e. The molecule has 0 saturated carbocycles. The first-order valence-corrected chi connectivity index (χ1v) is 4.05. The first kappa shape index (κ1) is 7.39. The Bertz CT molecular complexity index is 340. The summed E-state index contributed by atoms with van der Waals surface area (Å²) in [5, 5.41) is 0. The second-order valence-corrected chi connectivity index (χ2v) is 2.91. The molecule has 1 atom stereocenters. The summed E-state index contributed by atoms with van der Waals surface area (Å²) in [5.74, 6) is 6.14. The maximum atomic E-state index is 5.00. The van der Waals surface area contributed by atoms with Crippen molar-refractivity contribution in [3.63, 3.8) is 0 Å². The summed E-state index contributed by atoms with van der Waals surface area (Å²) in [7, 11) is 0. The Kier molecular flexibility index (Phi) is 1.85. The molecule has 1 saturated heterocycles. The van der Waals surface area contributed by atoms with E-state index in [4.69, 9.17) is 4.74 Å². The zero-order chi connectivity index (χ0) is 8.39. The predicted octanol–water partition coefficient (Wildman–Crippen LogP) is 1.75. The van der Waals surface area contributed by atoms with Gasteiger partial charge in [-0.05, 0) is 18.6 Å². The molecule has 0 spiro atoms. The molecule has 0 aliphatic carbocycles. The van der Waals surface area contributed by atoms with E-state index in [-0.39, 0.29) is 6.10 Å². The number of epoxide rings is 1. The Morgan fingerprint density at radius 3 is 2.83 bits per heavy atom. The van der Waals surface area contributed by atoms with Gasteiger partial charge >= 0.3 is 0 Å². The first-order valence-electron chi connectivity index (χ1n) is 4.05. The summed E-state index contributed by atoms with van der Waals surface area (Å²) in [5.41, 5.74) is 2.33. The highest BCUT2D eigenvalue weighted by Gasteiger charge is 2.18. The van der Waals surface area contributed by atoms with Gasteiger partial charge in [0.2, 0.25) is 0 Å². The highest BCUT2D eigenvalue weighted by atomic mass is 16.6. The topological polar surface area (TPSA) is 12.5 Å². The molecule has 60 valence electrons. The smallest absolute Gasteiger partial charge is 0.142 e. The number of ether oxygens (including phenoxy) is 1. The summed E-state index contributed by atoms with van der Waals surface area (Å²) >= 11 is 0. The number of rotatable bonds is 0. The lowest BCUT2D eigenvalue weighted by Crippen LogP contribution is -1.81. The summed E-state index contributed by atoms with van der Waals surface area (Å²) < 4.78 is 5.00. The molecule has 0 aromatic heterocycles. The molecule has 0 bridgehead atoms. The summed E-state index contributed by atoms with van der Waals surface area (Å²) in [4.78, 5) is 0. The van der Waals surface area contributed by atoms with Crippen molar-refractivity contribution in [2.45, 2.75) is 13.0 Å². The fraction of sp³-hybridized carbons (Fsp3) is 0.273. The van der Waals surface area contributed by atoms with E-state index in [0.717, 1.165) is 12.2 Å². The third-order valence-electron chi connectivity index (χ3n) is 1.85. The van der Waals surface area contributed by atoms with Crippen LogP contribution in [0.4, 0.5) is 0 Å². The van der Waals surface area contributed by atoms with E-state index in [0.29, 0.717) is 0 Å². The van der Waals surface area contributed by atoms with E-state index in [1.54, 1.807) is 0 Å². The first-order chi connectivity index (χ1) is 5.86. The van der Waals surface area contributed by atoms with Crippen molar-refractivity contribution in [1.82, 2.24) is 0 Å². The average molecular weight is 158 g/mol. The summed E-state index contributed by atoms with van der Waals surface area (Å²) in [6.45, 7) is 2.87. The van der Waals surface area contributed by atoms with Crippen LogP contribution in [0.5, 0.6) is 0 Å². The van der Waals surface area contributed by atoms with E-state index in [1.807, 2.05) is 18.2 Å². The van der Waals surface area contributed by atoms with Gasteiger partial charge in [-0.2, -0.15) is 0 Å². The highest BCUT2D eigenvalue weighted by molar-refractivity contribution is 5.41. The predicted molar refractivity (Wildman–Crippen MR) is 47.8 cm³/mol. The van der Waals surface area contributed by atoms with Gasteiger partial charge in [-0.3, -0.25) is 0 Å². The van der Waals surface area contributed by atoms with Crippen LogP contribution in [0.2, 0.25) is 0 Å². The van der Waals surface area contributed by atoms with E-state index in [2.05, 4.69) is 24.8 Å².